The summed E-state index contributed by atoms with van der Waals surface area (Å²) in [5, 5.41) is 8.93. The molecule has 1 atom stereocenters. The van der Waals surface area contributed by atoms with Crippen LogP contribution >= 0.6 is 0 Å². The van der Waals surface area contributed by atoms with Gasteiger partial charge in [0.05, 0.1) is 20.8 Å². The van der Waals surface area contributed by atoms with Gasteiger partial charge in [-0.2, -0.15) is 0 Å². The molecule has 0 radical (unpaired) electrons. The minimum atomic E-state index is -0.796. The van der Waals surface area contributed by atoms with Crippen LogP contribution in [0.2, 0.25) is 0 Å². The zero-order valence-electron chi connectivity index (χ0n) is 11.5. The molecule has 5 nitrogen and oxygen atoms in total. The minimum Gasteiger partial charge on any atom is -0.493 e. The molecule has 1 aromatic carbocycles. The van der Waals surface area contributed by atoms with Crippen LogP contribution < -0.4 is 9.47 Å². The highest BCUT2D eigenvalue weighted by Gasteiger charge is 2.25. The van der Waals surface area contributed by atoms with Gasteiger partial charge in [0.15, 0.2) is 11.5 Å². The molecule has 1 unspecified atom stereocenters. The summed E-state index contributed by atoms with van der Waals surface area (Å²) in [5.74, 6) is 0.613. The van der Waals surface area contributed by atoms with E-state index in [9.17, 15) is 4.79 Å². The van der Waals surface area contributed by atoms with Crippen LogP contribution in [0.4, 0.5) is 0 Å². The predicted octanol–water partition coefficient (Wildman–Crippen LogP) is 1.54. The summed E-state index contributed by atoms with van der Waals surface area (Å²) in [6.45, 7) is 2.74. The summed E-state index contributed by atoms with van der Waals surface area (Å²) in [6, 6.07) is 4.14. The number of carbonyl (C=O) groups is 1. The van der Waals surface area contributed by atoms with Gasteiger partial charge < -0.3 is 14.6 Å². The Morgan fingerprint density at radius 3 is 2.42 bits per heavy atom. The van der Waals surface area contributed by atoms with E-state index in [2.05, 4.69) is 0 Å². The molecule has 1 aromatic rings. The average Bonchev–Trinajstić information content (AvgIpc) is 2.37. The van der Waals surface area contributed by atoms with Crippen molar-refractivity contribution in [2.75, 3.05) is 20.8 Å². The molecular weight excluding hydrogens is 246 g/mol. The molecule has 0 fully saturated rings. The lowest BCUT2D eigenvalue weighted by Gasteiger charge is -2.34. The van der Waals surface area contributed by atoms with Crippen molar-refractivity contribution in [3.63, 3.8) is 0 Å². The maximum Gasteiger partial charge on any atom is 0.317 e. The largest absolute Gasteiger partial charge is 0.493 e. The highest BCUT2D eigenvalue weighted by Crippen LogP contribution is 2.34. The van der Waals surface area contributed by atoms with Gasteiger partial charge in [0.25, 0.3) is 0 Å². The molecule has 1 aliphatic rings. The third-order valence-electron chi connectivity index (χ3n) is 3.56. The summed E-state index contributed by atoms with van der Waals surface area (Å²) in [7, 11) is 3.22. The Hall–Kier alpha value is -1.75. The quantitative estimate of drug-likeness (QED) is 0.894. The topological polar surface area (TPSA) is 59.0 Å². The van der Waals surface area contributed by atoms with Gasteiger partial charge in [-0.1, -0.05) is 0 Å². The number of hydrogen-bond acceptors (Lipinski definition) is 4. The Morgan fingerprint density at radius 2 is 1.89 bits per heavy atom. The predicted molar refractivity (Wildman–Crippen MR) is 70.8 cm³/mol. The molecule has 0 amide bonds. The molecule has 1 heterocycles. The number of hydrogen-bond donors (Lipinski definition) is 1. The zero-order valence-corrected chi connectivity index (χ0v) is 11.5. The van der Waals surface area contributed by atoms with Crippen molar-refractivity contribution in [3.8, 4) is 11.5 Å². The standard InChI is InChI=1S/C14H19NO4/c1-9-4-10-5-12(18-2)13(19-3)6-11(10)7-15(9)8-14(16)17/h5-6,9H,4,7-8H2,1-3H3,(H,16,17). The van der Waals surface area contributed by atoms with E-state index >= 15 is 0 Å². The van der Waals surface area contributed by atoms with E-state index in [1.165, 1.54) is 5.56 Å². The second kappa shape index (κ2) is 5.48. The zero-order chi connectivity index (χ0) is 14.0. The van der Waals surface area contributed by atoms with Crippen LogP contribution in [-0.4, -0.2) is 42.8 Å². The van der Waals surface area contributed by atoms with E-state index in [0.29, 0.717) is 12.3 Å². The summed E-state index contributed by atoms with van der Waals surface area (Å²) < 4.78 is 10.6. The van der Waals surface area contributed by atoms with Crippen molar-refractivity contribution < 1.29 is 19.4 Å². The first-order valence-electron chi connectivity index (χ1n) is 6.24. The molecule has 1 N–H and O–H groups in total. The van der Waals surface area contributed by atoms with E-state index < -0.39 is 5.97 Å². The maximum absolute atomic E-state index is 10.9. The first-order chi connectivity index (χ1) is 9.05. The summed E-state index contributed by atoms with van der Waals surface area (Å²) in [4.78, 5) is 12.8. The van der Waals surface area contributed by atoms with Crippen LogP contribution in [0, 0.1) is 0 Å². The van der Waals surface area contributed by atoms with Gasteiger partial charge in [-0.25, -0.2) is 0 Å². The Kier molecular flexibility index (Phi) is 3.95. The molecule has 0 bridgehead atoms. The number of nitrogens with zero attached hydrogens (tertiary/aromatic N) is 1. The molecular formula is C14H19NO4. The number of benzene rings is 1. The Bertz CT molecular complexity index is 487. The van der Waals surface area contributed by atoms with Crippen molar-refractivity contribution in [1.82, 2.24) is 4.90 Å². The van der Waals surface area contributed by atoms with Crippen molar-refractivity contribution in [3.05, 3.63) is 23.3 Å². The monoisotopic (exact) mass is 265 g/mol. The first-order valence-corrected chi connectivity index (χ1v) is 6.24. The number of fused-ring (bicyclic) bond motifs is 1. The fraction of sp³-hybridized carbons (Fsp3) is 0.500. The number of rotatable bonds is 4. The third-order valence-corrected chi connectivity index (χ3v) is 3.56. The van der Waals surface area contributed by atoms with Crippen molar-refractivity contribution in [1.29, 1.82) is 0 Å². The molecule has 0 spiro atoms. The Morgan fingerprint density at radius 1 is 1.32 bits per heavy atom. The normalized spacial score (nSPS) is 18.8. The van der Waals surface area contributed by atoms with Gasteiger partial charge in [0.1, 0.15) is 0 Å². The molecule has 19 heavy (non-hydrogen) atoms. The number of methoxy groups -OCH3 is 2. The number of carboxylic acids is 1. The van der Waals surface area contributed by atoms with E-state index in [1.54, 1.807) is 14.2 Å². The molecule has 5 heteroatoms. The van der Waals surface area contributed by atoms with E-state index in [0.717, 1.165) is 17.7 Å². The molecule has 0 saturated carbocycles. The van der Waals surface area contributed by atoms with Crippen LogP contribution in [0.15, 0.2) is 12.1 Å². The molecule has 2 rings (SSSR count). The Labute approximate surface area is 112 Å². The number of aliphatic carboxylic acids is 1. The van der Waals surface area contributed by atoms with E-state index in [4.69, 9.17) is 14.6 Å². The third kappa shape index (κ3) is 2.81. The summed E-state index contributed by atoms with van der Waals surface area (Å²) >= 11 is 0. The summed E-state index contributed by atoms with van der Waals surface area (Å²) in [5.41, 5.74) is 2.31. The second-order valence-electron chi connectivity index (χ2n) is 4.83. The lowest BCUT2D eigenvalue weighted by Crippen LogP contribution is -2.41. The summed E-state index contributed by atoms with van der Waals surface area (Å²) in [6.07, 6.45) is 0.822. The maximum atomic E-state index is 10.9. The average molecular weight is 265 g/mol. The van der Waals surface area contributed by atoms with Gasteiger partial charge in [-0.05, 0) is 36.6 Å². The lowest BCUT2D eigenvalue weighted by atomic mass is 9.94. The van der Waals surface area contributed by atoms with Crippen molar-refractivity contribution in [2.24, 2.45) is 0 Å². The fourth-order valence-corrected chi connectivity index (χ4v) is 2.51. The number of carboxylic acid groups (broad SMARTS) is 1. The van der Waals surface area contributed by atoms with E-state index in [1.807, 2.05) is 24.0 Å². The molecule has 0 aromatic heterocycles. The highest BCUT2D eigenvalue weighted by molar-refractivity contribution is 5.69. The van der Waals surface area contributed by atoms with Crippen LogP contribution in [0.25, 0.3) is 0 Å². The molecule has 104 valence electrons. The fourth-order valence-electron chi connectivity index (χ4n) is 2.51. The first kappa shape index (κ1) is 13.7. The highest BCUT2D eigenvalue weighted by atomic mass is 16.5. The lowest BCUT2D eigenvalue weighted by molar-refractivity contribution is -0.139. The van der Waals surface area contributed by atoms with Gasteiger partial charge >= 0.3 is 5.97 Å². The minimum absolute atomic E-state index is 0.0644. The van der Waals surface area contributed by atoms with Gasteiger partial charge in [0.2, 0.25) is 0 Å². The van der Waals surface area contributed by atoms with E-state index in [-0.39, 0.29) is 12.6 Å². The van der Waals surface area contributed by atoms with Gasteiger partial charge in [0, 0.05) is 12.6 Å². The Balaban J connectivity index is 2.31. The smallest absolute Gasteiger partial charge is 0.317 e. The van der Waals surface area contributed by atoms with Crippen LogP contribution in [0.1, 0.15) is 18.1 Å². The number of ether oxygens (including phenoxy) is 2. The van der Waals surface area contributed by atoms with Crippen LogP contribution in [0.3, 0.4) is 0 Å². The van der Waals surface area contributed by atoms with Crippen LogP contribution in [0.5, 0.6) is 11.5 Å². The molecule has 0 saturated heterocycles. The molecule has 0 aliphatic carbocycles. The SMILES string of the molecule is COc1cc2c(cc1OC)CN(CC(=O)O)C(C)C2. The van der Waals surface area contributed by atoms with Gasteiger partial charge in [-0.15, -0.1) is 0 Å². The van der Waals surface area contributed by atoms with Crippen LogP contribution in [-0.2, 0) is 17.8 Å². The van der Waals surface area contributed by atoms with Gasteiger partial charge in [-0.3, -0.25) is 9.69 Å². The van der Waals surface area contributed by atoms with Crippen molar-refractivity contribution >= 4 is 5.97 Å². The van der Waals surface area contributed by atoms with Crippen molar-refractivity contribution in [2.45, 2.75) is 25.9 Å². The second-order valence-corrected chi connectivity index (χ2v) is 4.83. The molecule has 1 aliphatic heterocycles.